The number of hydrogen-bond donors (Lipinski definition) is 2. The van der Waals surface area contributed by atoms with E-state index in [0.29, 0.717) is 12.5 Å². The van der Waals surface area contributed by atoms with Gasteiger partial charge in [-0.2, -0.15) is 0 Å². The van der Waals surface area contributed by atoms with E-state index in [-0.39, 0.29) is 0 Å². The van der Waals surface area contributed by atoms with E-state index in [9.17, 15) is 5.11 Å². The zero-order chi connectivity index (χ0) is 12.5. The highest BCUT2D eigenvalue weighted by Gasteiger charge is 2.25. The van der Waals surface area contributed by atoms with Crippen LogP contribution >= 0.6 is 0 Å². The van der Waals surface area contributed by atoms with Crippen LogP contribution in [0, 0.1) is 17.8 Å². The highest BCUT2D eigenvalue weighted by atomic mass is 16.3. The lowest BCUT2D eigenvalue weighted by Crippen LogP contribution is -2.28. The Morgan fingerprint density at radius 1 is 1.29 bits per heavy atom. The van der Waals surface area contributed by atoms with E-state index in [2.05, 4.69) is 19.2 Å². The van der Waals surface area contributed by atoms with Gasteiger partial charge in [0.05, 0.1) is 0 Å². The summed E-state index contributed by atoms with van der Waals surface area (Å²) in [5.41, 5.74) is 0. The molecule has 1 aliphatic carbocycles. The minimum Gasteiger partial charge on any atom is -0.396 e. The van der Waals surface area contributed by atoms with E-state index >= 15 is 0 Å². The summed E-state index contributed by atoms with van der Waals surface area (Å²) in [6, 6.07) is 0. The van der Waals surface area contributed by atoms with Crippen molar-refractivity contribution in [3.05, 3.63) is 0 Å². The van der Waals surface area contributed by atoms with Crippen molar-refractivity contribution in [1.29, 1.82) is 0 Å². The average molecular weight is 241 g/mol. The molecule has 1 saturated carbocycles. The molecule has 0 aromatic heterocycles. The monoisotopic (exact) mass is 241 g/mol. The van der Waals surface area contributed by atoms with E-state index in [0.717, 1.165) is 31.3 Å². The van der Waals surface area contributed by atoms with Gasteiger partial charge in [0.2, 0.25) is 0 Å². The van der Waals surface area contributed by atoms with Crippen LogP contribution in [0.1, 0.15) is 58.8 Å². The molecule has 17 heavy (non-hydrogen) atoms. The van der Waals surface area contributed by atoms with Gasteiger partial charge in [-0.3, -0.25) is 0 Å². The van der Waals surface area contributed by atoms with Crippen LogP contribution in [0.25, 0.3) is 0 Å². The van der Waals surface area contributed by atoms with Gasteiger partial charge >= 0.3 is 0 Å². The molecule has 1 fully saturated rings. The summed E-state index contributed by atoms with van der Waals surface area (Å²) in [5.74, 6) is 2.18. The molecule has 0 amide bonds. The molecule has 1 rings (SSSR count). The van der Waals surface area contributed by atoms with Gasteiger partial charge in [-0.05, 0) is 50.1 Å². The molecule has 0 aromatic carbocycles. The van der Waals surface area contributed by atoms with Gasteiger partial charge in [-0.15, -0.1) is 0 Å². The first-order valence-electron chi connectivity index (χ1n) is 7.59. The maximum atomic E-state index is 9.54. The third-order valence-electron chi connectivity index (χ3n) is 4.28. The Morgan fingerprint density at radius 2 is 2.12 bits per heavy atom. The van der Waals surface area contributed by atoms with Crippen LogP contribution in [-0.4, -0.2) is 24.8 Å². The van der Waals surface area contributed by atoms with Crippen LogP contribution in [0.3, 0.4) is 0 Å². The molecule has 2 heteroatoms. The molecule has 0 heterocycles. The Balaban J connectivity index is 2.18. The Bertz CT molecular complexity index is 184. The largest absolute Gasteiger partial charge is 0.396 e. The second kappa shape index (κ2) is 8.93. The molecule has 0 radical (unpaired) electrons. The van der Waals surface area contributed by atoms with Crippen LogP contribution in [0.4, 0.5) is 0 Å². The van der Waals surface area contributed by atoms with E-state index in [1.165, 1.54) is 38.5 Å². The van der Waals surface area contributed by atoms with Gasteiger partial charge in [0, 0.05) is 6.61 Å². The molecule has 0 saturated heterocycles. The average Bonchev–Trinajstić information content (AvgIpc) is 2.34. The first-order chi connectivity index (χ1) is 8.27. The maximum Gasteiger partial charge on any atom is 0.0462 e. The predicted octanol–water partition coefficient (Wildman–Crippen LogP) is 3.20. The Labute approximate surface area is 107 Å². The molecule has 2 nitrogen and oxygen atoms in total. The Kier molecular flexibility index (Phi) is 7.87. The highest BCUT2D eigenvalue weighted by Crippen LogP contribution is 2.34. The van der Waals surface area contributed by atoms with Crippen LogP contribution in [-0.2, 0) is 0 Å². The normalized spacial score (nSPS) is 27.0. The summed E-state index contributed by atoms with van der Waals surface area (Å²) in [6.45, 7) is 7.18. The van der Waals surface area contributed by atoms with Crippen molar-refractivity contribution in [2.24, 2.45) is 17.8 Å². The second-order valence-electron chi connectivity index (χ2n) is 5.87. The maximum absolute atomic E-state index is 9.54. The van der Waals surface area contributed by atoms with E-state index in [1.807, 2.05) is 0 Å². The fraction of sp³-hybridized carbons (Fsp3) is 1.00. The van der Waals surface area contributed by atoms with E-state index < -0.39 is 0 Å². The topological polar surface area (TPSA) is 32.3 Å². The minimum absolute atomic E-state index is 0.382. The highest BCUT2D eigenvalue weighted by molar-refractivity contribution is 4.77. The fourth-order valence-corrected chi connectivity index (χ4v) is 3.10. The first-order valence-corrected chi connectivity index (χ1v) is 7.59. The summed E-state index contributed by atoms with van der Waals surface area (Å²) in [6.07, 6.45) is 9.11. The summed E-state index contributed by atoms with van der Waals surface area (Å²) in [5, 5.41) is 13.0. The van der Waals surface area contributed by atoms with E-state index in [4.69, 9.17) is 0 Å². The van der Waals surface area contributed by atoms with Crippen LogP contribution < -0.4 is 5.32 Å². The van der Waals surface area contributed by atoms with Crippen molar-refractivity contribution in [3.8, 4) is 0 Å². The Morgan fingerprint density at radius 3 is 2.76 bits per heavy atom. The number of hydrogen-bond acceptors (Lipinski definition) is 2. The zero-order valence-corrected chi connectivity index (χ0v) is 11.8. The van der Waals surface area contributed by atoms with Crippen molar-refractivity contribution in [2.75, 3.05) is 19.7 Å². The summed E-state index contributed by atoms with van der Waals surface area (Å²) in [4.78, 5) is 0. The van der Waals surface area contributed by atoms with Gasteiger partial charge in [-0.25, -0.2) is 0 Å². The molecule has 1 aliphatic rings. The number of rotatable bonds is 8. The lowest BCUT2D eigenvalue weighted by molar-refractivity contribution is 0.123. The van der Waals surface area contributed by atoms with Gasteiger partial charge in [0.25, 0.3) is 0 Å². The lowest BCUT2D eigenvalue weighted by Gasteiger charge is -2.32. The van der Waals surface area contributed by atoms with Crippen molar-refractivity contribution in [1.82, 2.24) is 5.32 Å². The molecule has 2 N–H and O–H groups in total. The van der Waals surface area contributed by atoms with Crippen LogP contribution in [0.2, 0.25) is 0 Å². The van der Waals surface area contributed by atoms with E-state index in [1.54, 1.807) is 0 Å². The fourth-order valence-electron chi connectivity index (χ4n) is 3.10. The first kappa shape index (κ1) is 15.0. The molecule has 102 valence electrons. The number of unbranched alkanes of at least 4 members (excludes halogenated alkanes) is 1. The van der Waals surface area contributed by atoms with Gasteiger partial charge in [-0.1, -0.05) is 39.5 Å². The zero-order valence-electron chi connectivity index (χ0n) is 11.8. The molecule has 3 atom stereocenters. The molecular weight excluding hydrogens is 210 g/mol. The Hall–Kier alpha value is -0.0800. The van der Waals surface area contributed by atoms with Gasteiger partial charge in [0.15, 0.2) is 0 Å². The van der Waals surface area contributed by atoms with Crippen molar-refractivity contribution in [3.63, 3.8) is 0 Å². The molecule has 0 bridgehead atoms. The number of aliphatic hydroxyl groups is 1. The van der Waals surface area contributed by atoms with Gasteiger partial charge < -0.3 is 10.4 Å². The number of aliphatic hydroxyl groups excluding tert-OH is 1. The molecule has 3 unspecified atom stereocenters. The quantitative estimate of drug-likeness (QED) is 0.640. The van der Waals surface area contributed by atoms with Crippen LogP contribution in [0.5, 0.6) is 0 Å². The van der Waals surface area contributed by atoms with Crippen LogP contribution in [0.15, 0.2) is 0 Å². The molecule has 0 spiro atoms. The van der Waals surface area contributed by atoms with Crippen molar-refractivity contribution in [2.45, 2.75) is 58.8 Å². The number of nitrogens with one attached hydrogen (secondary N) is 1. The molecule has 0 aliphatic heterocycles. The minimum atomic E-state index is 0.382. The third kappa shape index (κ3) is 5.87. The summed E-state index contributed by atoms with van der Waals surface area (Å²) >= 11 is 0. The SMILES string of the molecule is CCCCNCCC(CO)C1CCCC(C)C1. The predicted molar refractivity (Wildman–Crippen MR) is 74.1 cm³/mol. The van der Waals surface area contributed by atoms with Gasteiger partial charge in [0.1, 0.15) is 0 Å². The summed E-state index contributed by atoms with van der Waals surface area (Å²) in [7, 11) is 0. The second-order valence-corrected chi connectivity index (χ2v) is 5.87. The smallest absolute Gasteiger partial charge is 0.0462 e. The third-order valence-corrected chi connectivity index (χ3v) is 4.28. The molecular formula is C15H31NO. The lowest BCUT2D eigenvalue weighted by atomic mass is 9.75. The molecule has 0 aromatic rings. The van der Waals surface area contributed by atoms with Crippen molar-refractivity contribution < 1.29 is 5.11 Å². The van der Waals surface area contributed by atoms with Crippen molar-refractivity contribution >= 4 is 0 Å². The summed E-state index contributed by atoms with van der Waals surface area (Å²) < 4.78 is 0. The standard InChI is InChI=1S/C15H31NO/c1-3-4-9-16-10-8-15(12-17)14-7-5-6-13(2)11-14/h13-17H,3-12H2,1-2H3.